The number of hydrogen-bond acceptors (Lipinski definition) is 3. The number of ether oxygens (including phenoxy) is 1. The third-order valence-corrected chi connectivity index (χ3v) is 6.04. The highest BCUT2D eigenvalue weighted by atomic mass is 35.5. The number of carbonyl (C=O) groups excluding carboxylic acids is 1. The van der Waals surface area contributed by atoms with Crippen LogP contribution in [0.5, 0.6) is 5.75 Å². The lowest BCUT2D eigenvalue weighted by Crippen LogP contribution is -2.13. The molecule has 0 saturated heterocycles. The summed E-state index contributed by atoms with van der Waals surface area (Å²) in [6.07, 6.45) is 4.50. The second-order valence-corrected chi connectivity index (χ2v) is 8.61. The largest absolute Gasteiger partial charge is 0.488 e. The van der Waals surface area contributed by atoms with Crippen molar-refractivity contribution in [2.24, 2.45) is 5.73 Å². The van der Waals surface area contributed by atoms with E-state index in [9.17, 15) is 4.79 Å². The number of benzene rings is 3. The van der Waals surface area contributed by atoms with Crippen LogP contribution >= 0.6 is 11.6 Å². The van der Waals surface area contributed by atoms with E-state index in [0.717, 1.165) is 44.9 Å². The van der Waals surface area contributed by atoms with Crippen LogP contribution in [0.2, 0.25) is 5.02 Å². The number of pyridine rings is 1. The summed E-state index contributed by atoms with van der Waals surface area (Å²) in [5.41, 5.74) is 10.9. The number of aromatic nitrogens is 2. The molecule has 5 aromatic rings. The first-order chi connectivity index (χ1) is 16.5. The predicted octanol–water partition coefficient (Wildman–Crippen LogP) is 6.15. The third-order valence-electron chi connectivity index (χ3n) is 5.81. The van der Waals surface area contributed by atoms with E-state index in [2.05, 4.69) is 34.7 Å². The van der Waals surface area contributed by atoms with Crippen LogP contribution < -0.4 is 10.5 Å². The maximum atomic E-state index is 12.0. The summed E-state index contributed by atoms with van der Waals surface area (Å²) in [5.74, 6) is -0.143. The second kappa shape index (κ2) is 9.04. The van der Waals surface area contributed by atoms with Gasteiger partial charge in [-0.05, 0) is 64.4 Å². The van der Waals surface area contributed by atoms with Gasteiger partial charge in [0, 0.05) is 46.0 Å². The molecule has 0 fully saturated rings. The normalized spacial score (nSPS) is 11.1. The van der Waals surface area contributed by atoms with Crippen molar-refractivity contribution in [3.63, 3.8) is 0 Å². The molecule has 0 unspecified atom stereocenters. The SMILES string of the molecule is C=C(COc1cc2ccc(Cl)cc2cc1C(N)=O)c1c[nH]c2cc(Cc3ccccn3)ccc12. The molecule has 0 spiro atoms. The predicted molar refractivity (Wildman–Crippen MR) is 137 cm³/mol. The Hall–Kier alpha value is -4.09. The van der Waals surface area contributed by atoms with Gasteiger partial charge in [-0.2, -0.15) is 0 Å². The van der Waals surface area contributed by atoms with Gasteiger partial charge in [-0.3, -0.25) is 9.78 Å². The molecule has 0 aliphatic carbocycles. The molecule has 0 aliphatic rings. The first-order valence-electron chi connectivity index (χ1n) is 10.8. The van der Waals surface area contributed by atoms with Crippen LogP contribution in [0.15, 0.2) is 85.7 Å². The van der Waals surface area contributed by atoms with Crippen molar-refractivity contribution in [1.29, 1.82) is 0 Å². The average molecular weight is 468 g/mol. The summed E-state index contributed by atoms with van der Waals surface area (Å²) < 4.78 is 6.02. The molecule has 0 radical (unpaired) electrons. The number of fused-ring (bicyclic) bond motifs is 2. The van der Waals surface area contributed by atoms with Crippen molar-refractivity contribution in [3.8, 4) is 5.75 Å². The highest BCUT2D eigenvalue weighted by Gasteiger charge is 2.14. The minimum atomic E-state index is -0.560. The lowest BCUT2D eigenvalue weighted by Gasteiger charge is -2.13. The number of aromatic amines is 1. The van der Waals surface area contributed by atoms with Crippen molar-refractivity contribution < 1.29 is 9.53 Å². The van der Waals surface area contributed by atoms with E-state index in [1.54, 1.807) is 30.5 Å². The average Bonchev–Trinajstić information content (AvgIpc) is 3.26. The Labute approximate surface area is 201 Å². The number of rotatable bonds is 7. The van der Waals surface area contributed by atoms with E-state index < -0.39 is 5.91 Å². The Morgan fingerprint density at radius 1 is 1.03 bits per heavy atom. The van der Waals surface area contributed by atoms with Crippen LogP contribution in [-0.2, 0) is 6.42 Å². The fourth-order valence-electron chi connectivity index (χ4n) is 4.09. The van der Waals surface area contributed by atoms with E-state index >= 15 is 0 Å². The van der Waals surface area contributed by atoms with Gasteiger partial charge < -0.3 is 15.5 Å². The van der Waals surface area contributed by atoms with Gasteiger partial charge in [0.05, 0.1) is 5.56 Å². The Morgan fingerprint density at radius 3 is 2.71 bits per heavy atom. The van der Waals surface area contributed by atoms with Gasteiger partial charge in [-0.25, -0.2) is 0 Å². The Morgan fingerprint density at radius 2 is 1.91 bits per heavy atom. The summed E-state index contributed by atoms with van der Waals surface area (Å²) in [7, 11) is 0. The summed E-state index contributed by atoms with van der Waals surface area (Å²) >= 11 is 6.08. The minimum Gasteiger partial charge on any atom is -0.488 e. The Bertz CT molecular complexity index is 1540. The molecule has 0 bridgehead atoms. The molecule has 1 amide bonds. The molecule has 0 atom stereocenters. The number of primary amides is 1. The van der Waals surface area contributed by atoms with Crippen molar-refractivity contribution in [3.05, 3.63) is 113 Å². The maximum Gasteiger partial charge on any atom is 0.252 e. The minimum absolute atomic E-state index is 0.210. The molecule has 2 aromatic heterocycles. The van der Waals surface area contributed by atoms with E-state index in [-0.39, 0.29) is 6.61 Å². The van der Waals surface area contributed by atoms with Gasteiger partial charge in [-0.15, -0.1) is 0 Å². The van der Waals surface area contributed by atoms with Gasteiger partial charge in [0.15, 0.2) is 0 Å². The van der Waals surface area contributed by atoms with Crippen molar-refractivity contribution in [1.82, 2.24) is 9.97 Å². The molecule has 34 heavy (non-hydrogen) atoms. The lowest BCUT2D eigenvalue weighted by atomic mass is 10.0. The molecular weight excluding hydrogens is 446 g/mol. The number of H-pyrrole nitrogens is 1. The summed E-state index contributed by atoms with van der Waals surface area (Å²) in [6.45, 7) is 4.42. The third kappa shape index (κ3) is 4.38. The van der Waals surface area contributed by atoms with Crippen LogP contribution in [-0.4, -0.2) is 22.5 Å². The Balaban J connectivity index is 1.37. The smallest absolute Gasteiger partial charge is 0.252 e. The quantitative estimate of drug-likeness (QED) is 0.301. The molecule has 5 nitrogen and oxygen atoms in total. The number of nitrogens with two attached hydrogens (primary N) is 1. The van der Waals surface area contributed by atoms with Crippen LogP contribution in [0.1, 0.15) is 27.2 Å². The molecule has 3 N–H and O–H groups in total. The highest BCUT2D eigenvalue weighted by molar-refractivity contribution is 6.31. The number of hydrogen-bond donors (Lipinski definition) is 2. The van der Waals surface area contributed by atoms with Crippen molar-refractivity contribution in [2.75, 3.05) is 6.61 Å². The second-order valence-electron chi connectivity index (χ2n) is 8.18. The first kappa shape index (κ1) is 21.7. The van der Waals surface area contributed by atoms with Crippen LogP contribution in [0.4, 0.5) is 0 Å². The molecule has 2 heterocycles. The zero-order chi connectivity index (χ0) is 23.7. The monoisotopic (exact) mass is 467 g/mol. The van der Waals surface area contributed by atoms with E-state index in [1.807, 2.05) is 30.5 Å². The van der Waals surface area contributed by atoms with Gasteiger partial charge in [0.2, 0.25) is 0 Å². The van der Waals surface area contributed by atoms with Gasteiger partial charge in [0.1, 0.15) is 12.4 Å². The van der Waals surface area contributed by atoms with E-state index in [4.69, 9.17) is 22.1 Å². The Kier molecular flexibility index (Phi) is 5.78. The number of halogens is 1. The summed E-state index contributed by atoms with van der Waals surface area (Å²) in [4.78, 5) is 19.8. The zero-order valence-corrected chi connectivity index (χ0v) is 19.1. The summed E-state index contributed by atoms with van der Waals surface area (Å²) in [5, 5.41) is 3.38. The maximum absolute atomic E-state index is 12.0. The number of nitrogens with zero attached hydrogens (tertiary/aromatic N) is 1. The van der Waals surface area contributed by atoms with E-state index in [0.29, 0.717) is 16.3 Å². The summed E-state index contributed by atoms with van der Waals surface area (Å²) in [6, 6.07) is 21.2. The lowest BCUT2D eigenvalue weighted by molar-refractivity contribution is 0.0997. The highest BCUT2D eigenvalue weighted by Crippen LogP contribution is 2.30. The molecule has 3 aromatic carbocycles. The van der Waals surface area contributed by atoms with Crippen molar-refractivity contribution in [2.45, 2.75) is 6.42 Å². The fraction of sp³-hybridized carbons (Fsp3) is 0.0714. The zero-order valence-electron chi connectivity index (χ0n) is 18.3. The molecular formula is C28H22ClN3O2. The molecule has 0 aliphatic heterocycles. The van der Waals surface area contributed by atoms with Crippen LogP contribution in [0, 0.1) is 0 Å². The van der Waals surface area contributed by atoms with Gasteiger partial charge in [-0.1, -0.05) is 42.4 Å². The van der Waals surface area contributed by atoms with E-state index in [1.165, 1.54) is 5.56 Å². The number of carbonyl (C=O) groups is 1. The van der Waals surface area contributed by atoms with Crippen LogP contribution in [0.3, 0.4) is 0 Å². The molecule has 6 heteroatoms. The standard InChI is InChI=1S/C28H22ClN3O2/c1-17(16-34-27-14-19-6-7-21(29)12-20(19)13-24(27)28(30)33)25-15-32-26-11-18(5-8-23(25)26)10-22-4-2-3-9-31-22/h2-9,11-15,32H,1,10,16H2,(H2,30,33). The van der Waals surface area contributed by atoms with Gasteiger partial charge in [0.25, 0.3) is 5.91 Å². The topological polar surface area (TPSA) is 81.0 Å². The fourth-order valence-corrected chi connectivity index (χ4v) is 4.27. The molecule has 5 rings (SSSR count). The number of nitrogens with one attached hydrogen (secondary N) is 1. The number of amides is 1. The molecule has 168 valence electrons. The van der Waals surface area contributed by atoms with Crippen LogP contribution in [0.25, 0.3) is 27.2 Å². The van der Waals surface area contributed by atoms with Gasteiger partial charge >= 0.3 is 0 Å². The first-order valence-corrected chi connectivity index (χ1v) is 11.2. The molecule has 0 saturated carbocycles. The van der Waals surface area contributed by atoms with Crippen molar-refractivity contribution >= 4 is 44.8 Å².